The van der Waals surface area contributed by atoms with Crippen molar-refractivity contribution in [2.24, 2.45) is 0 Å². The Kier molecular flexibility index (Phi) is 7.19. The van der Waals surface area contributed by atoms with Crippen LogP contribution in [0.3, 0.4) is 0 Å². The van der Waals surface area contributed by atoms with Crippen LogP contribution in [0.4, 0.5) is 13.2 Å². The Morgan fingerprint density at radius 3 is 2.46 bits per heavy atom. The summed E-state index contributed by atoms with van der Waals surface area (Å²) in [5, 5.41) is 0. The number of ether oxygens (including phenoxy) is 2. The molecule has 0 aliphatic carbocycles. The normalized spacial score (nSPS) is 20.4. The van der Waals surface area contributed by atoms with E-state index in [1.54, 1.807) is 48.7 Å². The van der Waals surface area contributed by atoms with E-state index in [0.29, 0.717) is 29.1 Å². The second-order valence-electron chi connectivity index (χ2n) is 9.41. The highest BCUT2D eigenvalue weighted by molar-refractivity contribution is 8.00. The van der Waals surface area contributed by atoms with Gasteiger partial charge in [0.2, 0.25) is 11.7 Å². The Morgan fingerprint density at radius 1 is 1.10 bits per heavy atom. The van der Waals surface area contributed by atoms with Crippen LogP contribution in [0.2, 0.25) is 0 Å². The summed E-state index contributed by atoms with van der Waals surface area (Å²) in [6, 6.07) is 12.8. The number of hydrogen-bond acceptors (Lipinski definition) is 6. The standard InChI is InChI=1S/C28H25F3N2O5S/c1-16-13-22(17(2)32(16)20-7-9-21(10-8-20)38-27(30)31)24(34)14-37-26(36)23-15-39-28(12-11-25(35)33(23)28)18-3-5-19(29)6-4-18/h3-10,13,23,27H,11-12,14-15H2,1-2H3/t23-,28+/m1/s1. The number of rotatable bonds is 8. The van der Waals surface area contributed by atoms with Crippen molar-refractivity contribution in [3.8, 4) is 11.4 Å². The number of hydrogen-bond donors (Lipinski definition) is 0. The van der Waals surface area contributed by atoms with Crippen molar-refractivity contribution < 1.29 is 37.0 Å². The first-order valence-corrected chi connectivity index (χ1v) is 13.3. The van der Waals surface area contributed by atoms with Gasteiger partial charge in [-0.15, -0.1) is 11.8 Å². The van der Waals surface area contributed by atoms with Crippen LogP contribution in [0.25, 0.3) is 5.69 Å². The van der Waals surface area contributed by atoms with Crippen molar-refractivity contribution in [1.29, 1.82) is 0 Å². The molecule has 1 amide bonds. The van der Waals surface area contributed by atoms with E-state index in [4.69, 9.17) is 4.74 Å². The molecule has 11 heteroatoms. The topological polar surface area (TPSA) is 77.8 Å². The van der Waals surface area contributed by atoms with Crippen molar-refractivity contribution >= 4 is 29.4 Å². The maximum Gasteiger partial charge on any atom is 0.387 e. The van der Waals surface area contributed by atoms with Crippen molar-refractivity contribution in [3.63, 3.8) is 0 Å². The smallest absolute Gasteiger partial charge is 0.387 e. The van der Waals surface area contributed by atoms with Gasteiger partial charge >= 0.3 is 12.6 Å². The number of amides is 1. The monoisotopic (exact) mass is 558 g/mol. The number of thioether (sulfide) groups is 1. The number of ketones is 1. The maximum absolute atomic E-state index is 13.5. The highest BCUT2D eigenvalue weighted by Gasteiger charge is 2.57. The zero-order chi connectivity index (χ0) is 27.9. The molecule has 2 fully saturated rings. The zero-order valence-electron chi connectivity index (χ0n) is 21.2. The zero-order valence-corrected chi connectivity index (χ0v) is 22.0. The van der Waals surface area contributed by atoms with Crippen LogP contribution < -0.4 is 4.74 Å². The summed E-state index contributed by atoms with van der Waals surface area (Å²) in [5.74, 6) is -1.34. The third-order valence-corrected chi connectivity index (χ3v) is 8.69. The molecule has 39 heavy (non-hydrogen) atoms. The second-order valence-corrected chi connectivity index (χ2v) is 10.7. The first-order valence-electron chi connectivity index (χ1n) is 12.3. The van der Waals surface area contributed by atoms with Gasteiger partial charge < -0.3 is 18.9 Å². The van der Waals surface area contributed by atoms with Gasteiger partial charge in [0.1, 0.15) is 22.5 Å². The largest absolute Gasteiger partial charge is 0.456 e. The number of alkyl halides is 2. The lowest BCUT2D eigenvalue weighted by atomic mass is 10.0. The van der Waals surface area contributed by atoms with E-state index in [-0.39, 0.29) is 23.9 Å². The second kappa shape index (κ2) is 10.4. The van der Waals surface area contributed by atoms with Crippen LogP contribution in [0.1, 0.15) is 40.2 Å². The van der Waals surface area contributed by atoms with Crippen LogP contribution in [-0.4, -0.2) is 52.1 Å². The fourth-order valence-corrected chi connectivity index (χ4v) is 6.99. The molecule has 0 N–H and O–H groups in total. The SMILES string of the molecule is Cc1cc(C(=O)COC(=O)[C@H]2CS[C@]3(c4ccc(F)cc4)CCC(=O)N23)c(C)n1-c1ccc(OC(F)F)cc1. The summed E-state index contributed by atoms with van der Waals surface area (Å²) in [4.78, 5) is 39.7. The molecule has 2 aromatic carbocycles. The maximum atomic E-state index is 13.5. The van der Waals surface area contributed by atoms with E-state index < -0.39 is 35.9 Å². The first-order chi connectivity index (χ1) is 18.6. The average molecular weight is 559 g/mol. The lowest BCUT2D eigenvalue weighted by molar-refractivity contribution is -0.152. The van der Waals surface area contributed by atoms with Crippen LogP contribution >= 0.6 is 11.8 Å². The van der Waals surface area contributed by atoms with E-state index in [2.05, 4.69) is 4.74 Å². The molecular formula is C28H25F3N2O5S. The number of nitrogens with zero attached hydrogens (tertiary/aromatic N) is 2. The van der Waals surface area contributed by atoms with Gasteiger partial charge in [-0.3, -0.25) is 9.59 Å². The van der Waals surface area contributed by atoms with E-state index in [1.807, 2.05) is 0 Å². The van der Waals surface area contributed by atoms with E-state index in [0.717, 1.165) is 11.3 Å². The van der Waals surface area contributed by atoms with Crippen molar-refractivity contribution in [1.82, 2.24) is 9.47 Å². The number of aromatic nitrogens is 1. The molecule has 0 unspecified atom stereocenters. The minimum absolute atomic E-state index is 0.0180. The van der Waals surface area contributed by atoms with Gasteiger partial charge in [-0.2, -0.15) is 8.78 Å². The molecular weight excluding hydrogens is 533 g/mol. The Morgan fingerprint density at radius 2 is 1.79 bits per heavy atom. The van der Waals surface area contributed by atoms with Crippen LogP contribution in [0, 0.1) is 19.7 Å². The fourth-order valence-electron chi connectivity index (χ4n) is 5.36. The Hall–Kier alpha value is -3.73. The summed E-state index contributed by atoms with van der Waals surface area (Å²) in [5.41, 5.74) is 3.07. The molecule has 5 rings (SSSR count). The van der Waals surface area contributed by atoms with E-state index in [9.17, 15) is 27.6 Å². The molecule has 3 heterocycles. The third kappa shape index (κ3) is 4.91. The Bertz CT molecular complexity index is 1420. The predicted molar refractivity (Wildman–Crippen MR) is 138 cm³/mol. The van der Waals surface area contributed by atoms with Gasteiger partial charge in [0.25, 0.3) is 0 Å². The molecule has 0 radical (unpaired) electrons. The highest BCUT2D eigenvalue weighted by Crippen LogP contribution is 2.54. The summed E-state index contributed by atoms with van der Waals surface area (Å²) >= 11 is 1.44. The van der Waals surface area contributed by atoms with E-state index >= 15 is 0 Å². The molecule has 204 valence electrons. The van der Waals surface area contributed by atoms with E-state index in [1.165, 1.54) is 40.9 Å². The summed E-state index contributed by atoms with van der Waals surface area (Å²) in [7, 11) is 0. The minimum atomic E-state index is -2.93. The number of esters is 1. The number of Topliss-reactive ketones (excluding diaryl/α,β-unsaturated/α-hetero) is 1. The molecule has 0 saturated carbocycles. The van der Waals surface area contributed by atoms with Crippen molar-refractivity contribution in [2.45, 2.75) is 44.2 Å². The van der Waals surface area contributed by atoms with Gasteiger partial charge in [0.15, 0.2) is 6.61 Å². The van der Waals surface area contributed by atoms with Crippen LogP contribution in [0.5, 0.6) is 5.75 Å². The minimum Gasteiger partial charge on any atom is -0.456 e. The molecule has 7 nitrogen and oxygen atoms in total. The number of fused-ring (bicyclic) bond motifs is 1. The third-order valence-electron chi connectivity index (χ3n) is 7.09. The molecule has 0 spiro atoms. The number of halogens is 3. The molecule has 2 aliphatic heterocycles. The lowest BCUT2D eigenvalue weighted by Crippen LogP contribution is -2.47. The van der Waals surface area contributed by atoms with Crippen molar-refractivity contribution in [2.75, 3.05) is 12.4 Å². The number of aryl methyl sites for hydroxylation is 1. The Labute approximate surface area is 226 Å². The first kappa shape index (κ1) is 26.9. The lowest BCUT2D eigenvalue weighted by Gasteiger charge is -2.33. The highest BCUT2D eigenvalue weighted by atomic mass is 32.2. The molecule has 0 bridgehead atoms. The van der Waals surface area contributed by atoms with Gasteiger partial charge in [0.05, 0.1) is 0 Å². The van der Waals surface area contributed by atoms with Gasteiger partial charge in [-0.05, 0) is 68.3 Å². The van der Waals surface area contributed by atoms with Gasteiger partial charge in [0, 0.05) is 34.8 Å². The number of carbonyl (C=O) groups is 3. The molecule has 2 aliphatic rings. The van der Waals surface area contributed by atoms with Crippen LogP contribution in [0.15, 0.2) is 54.6 Å². The van der Waals surface area contributed by atoms with Crippen molar-refractivity contribution in [3.05, 3.63) is 82.9 Å². The van der Waals surface area contributed by atoms with Gasteiger partial charge in [-0.25, -0.2) is 9.18 Å². The number of carbonyl (C=O) groups excluding carboxylic acids is 3. The Balaban J connectivity index is 1.28. The molecule has 1 aromatic heterocycles. The summed E-state index contributed by atoms with van der Waals surface area (Å²) in [6.45, 7) is 0.0999. The van der Waals surface area contributed by atoms with Gasteiger partial charge in [-0.1, -0.05) is 12.1 Å². The predicted octanol–water partition coefficient (Wildman–Crippen LogP) is 5.15. The summed E-state index contributed by atoms with van der Waals surface area (Å²) in [6.07, 6.45) is 0.750. The van der Waals surface area contributed by atoms with Crippen LogP contribution in [-0.2, 0) is 19.2 Å². The fraction of sp³-hybridized carbons (Fsp3) is 0.321. The quantitative estimate of drug-likeness (QED) is 0.281. The number of benzene rings is 2. The average Bonchev–Trinajstić information content (AvgIpc) is 3.55. The molecule has 3 aromatic rings. The molecule has 2 atom stereocenters. The summed E-state index contributed by atoms with van der Waals surface area (Å²) < 4.78 is 50.0. The molecule has 2 saturated heterocycles.